The number of amides is 1. The molecule has 0 spiro atoms. The summed E-state index contributed by atoms with van der Waals surface area (Å²) in [5.74, 6) is -0.100. The second kappa shape index (κ2) is 8.56. The number of carbonyl (C=O) groups excluding carboxylic acids is 1. The predicted octanol–water partition coefficient (Wildman–Crippen LogP) is 2.60. The molecular weight excluding hydrogens is 359 g/mol. The average Bonchev–Trinajstić information content (AvgIpc) is 2.96. The third kappa shape index (κ3) is 5.12. The summed E-state index contributed by atoms with van der Waals surface area (Å²) in [5.41, 5.74) is 0.882. The molecule has 1 fully saturated rings. The Kier molecular flexibility index (Phi) is 6.73. The van der Waals surface area contributed by atoms with Crippen LogP contribution in [0.25, 0.3) is 10.6 Å². The number of carbonyl (C=O) groups is 1. The molecule has 23 heavy (non-hydrogen) atoms. The maximum atomic E-state index is 12.0. The lowest BCUT2D eigenvalue weighted by Gasteiger charge is -2.22. The van der Waals surface area contributed by atoms with E-state index in [0.717, 1.165) is 17.1 Å². The first-order valence-electron chi connectivity index (χ1n) is 6.91. The van der Waals surface area contributed by atoms with Gasteiger partial charge < -0.3 is 15.4 Å². The first-order valence-corrected chi connectivity index (χ1v) is 8.10. The molecule has 1 aromatic heterocycles. The zero-order valence-electron chi connectivity index (χ0n) is 12.1. The summed E-state index contributed by atoms with van der Waals surface area (Å²) in [6.45, 7) is 2.02. The molecule has 0 bridgehead atoms. The van der Waals surface area contributed by atoms with Crippen LogP contribution in [-0.2, 0) is 9.53 Å². The topological polar surface area (TPSA) is 76.1 Å². The van der Waals surface area contributed by atoms with Gasteiger partial charge in [0.15, 0.2) is 0 Å². The van der Waals surface area contributed by atoms with Gasteiger partial charge in [0, 0.05) is 29.6 Å². The predicted molar refractivity (Wildman–Crippen MR) is 93.5 cm³/mol. The van der Waals surface area contributed by atoms with Gasteiger partial charge in [0.2, 0.25) is 11.0 Å². The third-order valence-electron chi connectivity index (χ3n) is 3.17. The standard InChI is InChI=1S/C14H15ClN4O2S.ClH/c15-10-3-1-2-9(6-10)13-18-19-14(22-13)17-12(20)7-11-8-21-5-4-16-11;/h1-3,6,11,16H,4-5,7-8H2,(H,17,19,20);1H. The van der Waals surface area contributed by atoms with Crippen molar-refractivity contribution in [1.82, 2.24) is 15.5 Å². The van der Waals surface area contributed by atoms with Crippen molar-refractivity contribution in [2.45, 2.75) is 12.5 Å². The summed E-state index contributed by atoms with van der Waals surface area (Å²) in [7, 11) is 0. The first-order chi connectivity index (χ1) is 10.7. The molecule has 1 unspecified atom stereocenters. The summed E-state index contributed by atoms with van der Waals surface area (Å²) >= 11 is 7.28. The summed E-state index contributed by atoms with van der Waals surface area (Å²) in [4.78, 5) is 12.0. The van der Waals surface area contributed by atoms with E-state index in [4.69, 9.17) is 16.3 Å². The molecular formula is C14H16Cl2N4O2S. The molecule has 2 N–H and O–H groups in total. The summed E-state index contributed by atoms with van der Waals surface area (Å²) < 4.78 is 5.33. The third-order valence-corrected chi connectivity index (χ3v) is 4.30. The number of ether oxygens (including phenoxy) is 1. The highest BCUT2D eigenvalue weighted by atomic mass is 35.5. The maximum Gasteiger partial charge on any atom is 0.227 e. The highest BCUT2D eigenvalue weighted by molar-refractivity contribution is 7.18. The van der Waals surface area contributed by atoms with Crippen LogP contribution in [0.2, 0.25) is 5.02 Å². The van der Waals surface area contributed by atoms with Gasteiger partial charge in [0.25, 0.3) is 0 Å². The molecule has 2 aromatic rings. The molecule has 0 radical (unpaired) electrons. The molecule has 1 atom stereocenters. The fourth-order valence-electron chi connectivity index (χ4n) is 2.16. The smallest absolute Gasteiger partial charge is 0.227 e. The number of hydrogen-bond acceptors (Lipinski definition) is 6. The first kappa shape index (κ1) is 18.1. The van der Waals surface area contributed by atoms with Crippen LogP contribution in [0, 0.1) is 0 Å². The zero-order valence-corrected chi connectivity index (χ0v) is 14.5. The molecule has 1 aliphatic heterocycles. The lowest BCUT2D eigenvalue weighted by molar-refractivity contribution is -0.117. The van der Waals surface area contributed by atoms with Crippen LogP contribution in [0.4, 0.5) is 5.13 Å². The molecule has 9 heteroatoms. The monoisotopic (exact) mass is 374 g/mol. The number of halogens is 2. The number of hydrogen-bond donors (Lipinski definition) is 2. The highest BCUT2D eigenvalue weighted by Crippen LogP contribution is 2.28. The second-order valence-corrected chi connectivity index (χ2v) is 6.31. The number of nitrogens with one attached hydrogen (secondary N) is 2. The van der Waals surface area contributed by atoms with E-state index in [1.807, 2.05) is 18.2 Å². The van der Waals surface area contributed by atoms with E-state index in [2.05, 4.69) is 20.8 Å². The van der Waals surface area contributed by atoms with Crippen molar-refractivity contribution < 1.29 is 9.53 Å². The Hall–Kier alpha value is -1.25. The lowest BCUT2D eigenvalue weighted by Crippen LogP contribution is -2.43. The van der Waals surface area contributed by atoms with Crippen molar-refractivity contribution in [3.05, 3.63) is 29.3 Å². The minimum Gasteiger partial charge on any atom is -0.378 e. The minimum atomic E-state index is -0.100. The maximum absolute atomic E-state index is 12.0. The van der Waals surface area contributed by atoms with Crippen molar-refractivity contribution >= 4 is 46.4 Å². The van der Waals surface area contributed by atoms with Crippen molar-refractivity contribution in [3.63, 3.8) is 0 Å². The molecule has 3 rings (SSSR count). The SMILES string of the molecule is Cl.O=C(CC1COCCN1)Nc1nnc(-c2cccc(Cl)c2)s1. The number of rotatable bonds is 4. The molecule has 0 aliphatic carbocycles. The van der Waals surface area contributed by atoms with Crippen LogP contribution >= 0.6 is 35.3 Å². The van der Waals surface area contributed by atoms with Gasteiger partial charge in [-0.15, -0.1) is 22.6 Å². The largest absolute Gasteiger partial charge is 0.378 e. The van der Waals surface area contributed by atoms with Crippen LogP contribution in [0.3, 0.4) is 0 Å². The Morgan fingerprint density at radius 3 is 3.09 bits per heavy atom. The number of benzene rings is 1. The van der Waals surface area contributed by atoms with Crippen molar-refractivity contribution in [2.24, 2.45) is 0 Å². The van der Waals surface area contributed by atoms with Crippen LogP contribution in [0.1, 0.15) is 6.42 Å². The van der Waals surface area contributed by atoms with Gasteiger partial charge >= 0.3 is 0 Å². The second-order valence-electron chi connectivity index (χ2n) is 4.90. The van der Waals surface area contributed by atoms with E-state index in [9.17, 15) is 4.79 Å². The fourth-order valence-corrected chi connectivity index (χ4v) is 3.10. The van der Waals surface area contributed by atoms with Gasteiger partial charge in [0.1, 0.15) is 5.01 Å². The Bertz CT molecular complexity index is 662. The highest BCUT2D eigenvalue weighted by Gasteiger charge is 2.18. The van der Waals surface area contributed by atoms with E-state index in [1.165, 1.54) is 11.3 Å². The molecule has 1 aliphatic rings. The molecule has 1 amide bonds. The number of morpholine rings is 1. The summed E-state index contributed by atoms with van der Waals surface area (Å²) in [6.07, 6.45) is 0.353. The number of anilines is 1. The molecule has 1 aromatic carbocycles. The van der Waals surface area contributed by atoms with E-state index < -0.39 is 0 Å². The Balaban J connectivity index is 0.00000192. The molecule has 124 valence electrons. The Morgan fingerprint density at radius 1 is 1.48 bits per heavy atom. The Labute approximate surface area is 149 Å². The molecule has 6 nitrogen and oxygen atoms in total. The van der Waals surface area contributed by atoms with Gasteiger partial charge in [-0.2, -0.15) is 0 Å². The quantitative estimate of drug-likeness (QED) is 0.859. The van der Waals surface area contributed by atoms with Crippen molar-refractivity contribution in [1.29, 1.82) is 0 Å². The molecule has 2 heterocycles. The zero-order chi connectivity index (χ0) is 15.4. The summed E-state index contributed by atoms with van der Waals surface area (Å²) in [5, 5.41) is 15.9. The van der Waals surface area contributed by atoms with Crippen molar-refractivity contribution in [3.8, 4) is 10.6 Å². The van der Waals surface area contributed by atoms with E-state index >= 15 is 0 Å². The Morgan fingerprint density at radius 2 is 2.35 bits per heavy atom. The normalized spacial score (nSPS) is 17.3. The number of aromatic nitrogens is 2. The van der Waals surface area contributed by atoms with Crippen LogP contribution in [-0.4, -0.2) is 41.9 Å². The van der Waals surface area contributed by atoms with Crippen LogP contribution < -0.4 is 10.6 Å². The fraction of sp³-hybridized carbons (Fsp3) is 0.357. The molecule has 1 saturated heterocycles. The summed E-state index contributed by atoms with van der Waals surface area (Å²) in [6, 6.07) is 7.42. The van der Waals surface area contributed by atoms with Crippen LogP contribution in [0.15, 0.2) is 24.3 Å². The average molecular weight is 375 g/mol. The van der Waals surface area contributed by atoms with Gasteiger partial charge in [-0.05, 0) is 12.1 Å². The minimum absolute atomic E-state index is 0. The van der Waals surface area contributed by atoms with E-state index in [-0.39, 0.29) is 24.4 Å². The van der Waals surface area contributed by atoms with Gasteiger partial charge in [-0.3, -0.25) is 4.79 Å². The van der Waals surface area contributed by atoms with E-state index in [0.29, 0.717) is 29.8 Å². The van der Waals surface area contributed by atoms with Gasteiger partial charge in [0.05, 0.1) is 13.2 Å². The number of nitrogens with zero attached hydrogens (tertiary/aromatic N) is 2. The van der Waals surface area contributed by atoms with Crippen LogP contribution in [0.5, 0.6) is 0 Å². The molecule has 0 saturated carbocycles. The van der Waals surface area contributed by atoms with Gasteiger partial charge in [-0.25, -0.2) is 0 Å². The van der Waals surface area contributed by atoms with Crippen molar-refractivity contribution in [2.75, 3.05) is 25.1 Å². The lowest BCUT2D eigenvalue weighted by atomic mass is 10.2. The van der Waals surface area contributed by atoms with Gasteiger partial charge in [-0.1, -0.05) is 35.1 Å². The van der Waals surface area contributed by atoms with E-state index in [1.54, 1.807) is 6.07 Å².